The number of halogens is 1. The highest BCUT2D eigenvalue weighted by molar-refractivity contribution is 7.13. The zero-order valence-electron chi connectivity index (χ0n) is 48.0. The van der Waals surface area contributed by atoms with E-state index in [1.54, 1.807) is 39.5 Å². The van der Waals surface area contributed by atoms with Gasteiger partial charge in [0.2, 0.25) is 11.8 Å². The van der Waals surface area contributed by atoms with Gasteiger partial charge in [-0.3, -0.25) is 19.5 Å². The molecule has 0 radical (unpaired) electrons. The first-order valence-electron chi connectivity index (χ1n) is 29.4. The Morgan fingerprint density at radius 3 is 2.39 bits per heavy atom. The van der Waals surface area contributed by atoms with E-state index in [0.717, 1.165) is 76.6 Å². The molecule has 0 saturated carbocycles. The van der Waals surface area contributed by atoms with Gasteiger partial charge in [0, 0.05) is 87.8 Å². The first kappa shape index (κ1) is 56.0. The highest BCUT2D eigenvalue weighted by Gasteiger charge is 2.42. The van der Waals surface area contributed by atoms with E-state index < -0.39 is 17.8 Å². The van der Waals surface area contributed by atoms with Gasteiger partial charge in [0.15, 0.2) is 17.4 Å². The van der Waals surface area contributed by atoms with Gasteiger partial charge in [-0.1, -0.05) is 68.4 Å². The van der Waals surface area contributed by atoms with Gasteiger partial charge in [-0.2, -0.15) is 9.97 Å². The van der Waals surface area contributed by atoms with Gasteiger partial charge < -0.3 is 49.3 Å². The number of piperazine rings is 2. The predicted molar refractivity (Wildman–Crippen MR) is 316 cm³/mol. The summed E-state index contributed by atoms with van der Waals surface area (Å²) in [6.07, 6.45) is 6.97. The van der Waals surface area contributed by atoms with E-state index in [1.165, 1.54) is 0 Å². The molecule has 9 heterocycles. The Morgan fingerprint density at radius 2 is 1.66 bits per heavy atom. The molecule has 0 spiro atoms. The summed E-state index contributed by atoms with van der Waals surface area (Å²) in [7, 11) is 2.00. The maximum absolute atomic E-state index is 17.2. The maximum Gasteiger partial charge on any atom is 0.409 e. The van der Waals surface area contributed by atoms with Crippen LogP contribution >= 0.6 is 11.3 Å². The molecule has 2 unspecified atom stereocenters. The molecule has 2 bridgehead atoms. The van der Waals surface area contributed by atoms with Crippen LogP contribution in [0, 0.1) is 18.7 Å². The van der Waals surface area contributed by atoms with Crippen molar-refractivity contribution >= 4 is 62.6 Å². The van der Waals surface area contributed by atoms with Gasteiger partial charge in [0.05, 0.1) is 27.5 Å². The van der Waals surface area contributed by atoms with Crippen molar-refractivity contribution in [3.05, 3.63) is 101 Å². The molecule has 3 aromatic carbocycles. The molecule has 7 atom stereocenters. The van der Waals surface area contributed by atoms with Crippen molar-refractivity contribution in [1.29, 1.82) is 0 Å². The lowest BCUT2D eigenvalue weighted by Crippen LogP contribution is -2.51. The molecular weight excluding hydrogens is 1080 g/mol. The first-order chi connectivity index (χ1) is 40.2. The van der Waals surface area contributed by atoms with Gasteiger partial charge in [0.1, 0.15) is 48.0 Å². The minimum atomic E-state index is -0.636. The smallest absolute Gasteiger partial charge is 0.409 e. The minimum absolute atomic E-state index is 0.0217. The number of amides is 3. The number of anilines is 2. The summed E-state index contributed by atoms with van der Waals surface area (Å²) in [5.74, 6) is -0.0516. The number of rotatable bonds is 16. The van der Waals surface area contributed by atoms with Crippen LogP contribution in [0.25, 0.3) is 43.4 Å². The fraction of sp³-hybridized carbons (Fsp3) is 0.484. The number of likely N-dealkylation sites (tertiary alicyclic amines) is 2. The lowest BCUT2D eigenvalue weighted by atomic mass is 9.91. The molecule has 12 rings (SSSR count). The van der Waals surface area contributed by atoms with Crippen LogP contribution in [0.15, 0.2) is 76.9 Å². The van der Waals surface area contributed by atoms with Crippen LogP contribution in [-0.2, 0) is 20.7 Å². The molecule has 5 aliphatic rings. The van der Waals surface area contributed by atoms with E-state index in [0.29, 0.717) is 92.7 Å². The summed E-state index contributed by atoms with van der Waals surface area (Å²) in [6.45, 7) is 14.1. The number of aryl methyl sites for hydroxylation is 2. The summed E-state index contributed by atoms with van der Waals surface area (Å²) in [5, 5.41) is 24.2. The van der Waals surface area contributed by atoms with Gasteiger partial charge in [0.25, 0.3) is 0 Å². The zero-order chi connectivity index (χ0) is 57.6. The number of aromatic hydroxyl groups is 1. The van der Waals surface area contributed by atoms with E-state index in [4.69, 9.17) is 28.9 Å². The molecule has 3 N–H and O–H groups in total. The number of benzene rings is 3. The summed E-state index contributed by atoms with van der Waals surface area (Å²) < 4.78 is 35.5. The van der Waals surface area contributed by atoms with Crippen LogP contribution in [0.5, 0.6) is 11.8 Å². The largest absolute Gasteiger partial charge is 0.508 e. The molecule has 21 heteroatoms. The molecule has 5 aliphatic heterocycles. The average molecular weight is 1150 g/mol. The molecule has 5 saturated heterocycles. The number of nitrogens with one attached hydrogen (secondary N) is 2. The van der Waals surface area contributed by atoms with Gasteiger partial charge in [-0.05, 0) is 111 Å². The number of thiazole rings is 1. The number of aromatic nitrogens is 5. The SMILES string of the molecule is CCc1cccc2cc(O)cc(-c3ncc4c(N5CC6CCC(C5)N6)nc(OC[C@@H]5CC[C@H](COC(=O)N6CCN(c7cc([C@H](C(=O)N8CCC[C@H]8C(=O)N[C@@H](C)c8ccc(-c9scnc9C)cc8)C(C)C)on7)CC6)N5C)nc4c3F)c12. The second-order valence-electron chi connectivity index (χ2n) is 23.4. The van der Waals surface area contributed by atoms with Crippen molar-refractivity contribution in [1.82, 2.24) is 50.4 Å². The molecule has 3 amide bonds. The van der Waals surface area contributed by atoms with Crippen LogP contribution in [0.1, 0.15) is 101 Å². The van der Waals surface area contributed by atoms with E-state index in [1.807, 2.05) is 81.6 Å². The van der Waals surface area contributed by atoms with E-state index >= 15 is 4.39 Å². The number of phenols is 1. The number of ether oxygens (including phenoxy) is 2. The zero-order valence-corrected chi connectivity index (χ0v) is 48.8. The number of carbonyl (C=O) groups is 3. The van der Waals surface area contributed by atoms with Crippen molar-refractivity contribution in [2.75, 3.05) is 75.9 Å². The summed E-state index contributed by atoms with van der Waals surface area (Å²) in [5.41, 5.74) is 6.62. The number of pyridine rings is 1. The van der Waals surface area contributed by atoms with Crippen LogP contribution in [-0.4, -0.2) is 159 Å². The Balaban J connectivity index is 0.647. The van der Waals surface area contributed by atoms with E-state index in [2.05, 4.69) is 49.6 Å². The molecule has 436 valence electrons. The van der Waals surface area contributed by atoms with Crippen LogP contribution < -0.4 is 25.2 Å². The molecule has 4 aromatic heterocycles. The Hall–Kier alpha value is -7.49. The topological polar surface area (TPSA) is 208 Å². The Morgan fingerprint density at radius 1 is 0.904 bits per heavy atom. The number of fused-ring (bicyclic) bond motifs is 4. The second kappa shape index (κ2) is 23.6. The number of phenolic OH excluding ortho intramolecular Hbond substituents is 1. The number of likely N-dealkylation sites (N-methyl/N-ethyl adjacent to an activating group) is 1. The van der Waals surface area contributed by atoms with Gasteiger partial charge in [-0.25, -0.2) is 14.2 Å². The van der Waals surface area contributed by atoms with Crippen molar-refractivity contribution in [3.8, 4) is 33.5 Å². The molecule has 0 aliphatic carbocycles. The van der Waals surface area contributed by atoms with Crippen molar-refractivity contribution in [3.63, 3.8) is 0 Å². The van der Waals surface area contributed by atoms with E-state index in [9.17, 15) is 19.5 Å². The minimum Gasteiger partial charge on any atom is -0.508 e. The third-order valence-corrected chi connectivity index (χ3v) is 18.8. The predicted octanol–water partition coefficient (Wildman–Crippen LogP) is 9.02. The third-order valence-electron chi connectivity index (χ3n) is 17.9. The fourth-order valence-electron chi connectivity index (χ4n) is 13.2. The number of hydrogen-bond donors (Lipinski definition) is 3. The number of hydrogen-bond acceptors (Lipinski definition) is 17. The molecule has 5 fully saturated rings. The summed E-state index contributed by atoms with van der Waals surface area (Å²) >= 11 is 1.60. The molecular formula is C62H73FN12O7S. The Bertz CT molecular complexity index is 3520. The van der Waals surface area contributed by atoms with Crippen molar-refractivity contribution < 1.29 is 37.9 Å². The van der Waals surface area contributed by atoms with Crippen molar-refractivity contribution in [2.24, 2.45) is 5.92 Å². The van der Waals surface area contributed by atoms with Gasteiger partial charge in [-0.15, -0.1) is 11.3 Å². The van der Waals surface area contributed by atoms with Crippen LogP contribution in [0.2, 0.25) is 0 Å². The highest BCUT2D eigenvalue weighted by Crippen LogP contribution is 2.40. The summed E-state index contributed by atoms with van der Waals surface area (Å²) in [4.78, 5) is 71.5. The maximum atomic E-state index is 17.2. The lowest BCUT2D eigenvalue weighted by Gasteiger charge is -2.34. The second-order valence-corrected chi connectivity index (χ2v) is 24.3. The third kappa shape index (κ3) is 11.3. The Kier molecular flexibility index (Phi) is 16.0. The number of nitrogens with zero attached hydrogens (tertiary/aromatic N) is 10. The quantitative estimate of drug-likeness (QED) is 0.0825. The van der Waals surface area contributed by atoms with Gasteiger partial charge >= 0.3 is 12.1 Å². The molecule has 19 nitrogen and oxygen atoms in total. The molecule has 7 aromatic rings. The Labute approximate surface area is 486 Å². The monoisotopic (exact) mass is 1150 g/mol. The summed E-state index contributed by atoms with van der Waals surface area (Å²) in [6, 6.07) is 18.9. The average Bonchev–Trinajstić information content (AvgIpc) is 4.50. The normalized spacial score (nSPS) is 21.8. The first-order valence-corrected chi connectivity index (χ1v) is 30.3. The number of carbonyl (C=O) groups excluding carboxylic acids is 3. The highest BCUT2D eigenvalue weighted by atomic mass is 32.1. The lowest BCUT2D eigenvalue weighted by molar-refractivity contribution is -0.141. The van der Waals surface area contributed by atoms with Crippen molar-refractivity contribution in [2.45, 2.75) is 122 Å². The van der Waals surface area contributed by atoms with Crippen LogP contribution in [0.4, 0.5) is 20.8 Å². The fourth-order valence-corrected chi connectivity index (χ4v) is 14.0. The molecule has 83 heavy (non-hydrogen) atoms. The van der Waals surface area contributed by atoms with E-state index in [-0.39, 0.29) is 78.1 Å². The standard InChI is InChI=1S/C62H73FN12O7S/c1-7-38-10-8-11-41-26-46(76)27-47(53(38)41)55-54(63)56-48(29-64-55)58(74-30-42-17-18-43(31-74)67-42)69-61(68-56)80-32-44-19-20-45(71(44)6)33-81-62(79)73-24-22-72(23-25-73)51-28-50(82-70-51)52(35(2)3)60(78)75-21-9-12-49(75)59(77)66-36(4)39-13-15-40(16-14-39)57-37(5)65-34-83-57/h8,10-11,13-16,26-29,34-36,42-45,49,52,67,76H,7,9,12,17-25,30-33H2,1-6H3,(H,66,77)/t36-,42?,43?,44-,45+,49-,52+/m0/s1. The van der Waals surface area contributed by atoms with Crippen LogP contribution in [0.3, 0.4) is 0 Å².